The number of aliphatic hydroxyl groups excluding tert-OH is 1. The molecule has 0 saturated carbocycles. The Labute approximate surface area is 89.0 Å². The Hall–Kier alpha value is -1.72. The molecule has 0 aliphatic heterocycles. The third-order valence-electron chi connectivity index (χ3n) is 1.92. The van der Waals surface area contributed by atoms with Gasteiger partial charge in [-0.1, -0.05) is 17.2 Å². The lowest BCUT2D eigenvalue weighted by Crippen LogP contribution is -2.07. The van der Waals surface area contributed by atoms with Crippen LogP contribution in [0.5, 0.6) is 0 Å². The Kier molecular flexibility index (Phi) is 3.76. The van der Waals surface area contributed by atoms with Crippen molar-refractivity contribution in [1.82, 2.24) is 0 Å². The van der Waals surface area contributed by atoms with Gasteiger partial charge in [0.2, 0.25) is 0 Å². The number of azide groups is 1. The van der Waals surface area contributed by atoms with E-state index in [9.17, 15) is 18.3 Å². The van der Waals surface area contributed by atoms with Gasteiger partial charge in [-0.3, -0.25) is 0 Å². The number of aliphatic hydroxyl groups is 1. The van der Waals surface area contributed by atoms with E-state index in [0.29, 0.717) is 0 Å². The number of hydrogen-bond acceptors (Lipinski definition) is 2. The molecular formula is C9H8F3N3O. The van der Waals surface area contributed by atoms with Crippen LogP contribution in [0.15, 0.2) is 29.4 Å². The molecule has 0 aromatic heterocycles. The smallest absolute Gasteiger partial charge is 0.388 e. The maximum absolute atomic E-state index is 12.3. The van der Waals surface area contributed by atoms with Crippen LogP contribution >= 0.6 is 0 Å². The standard InChI is InChI=1S/C9H8F3N3O/c10-9(11,12)7-3-1-2-6(4-7)8(16)5-14-15-13/h1-4,8,16H,5H2/t8-/m1/s1. The highest BCUT2D eigenvalue weighted by molar-refractivity contribution is 5.27. The van der Waals surface area contributed by atoms with E-state index < -0.39 is 17.8 Å². The van der Waals surface area contributed by atoms with Crippen molar-refractivity contribution < 1.29 is 18.3 Å². The molecule has 0 unspecified atom stereocenters. The Morgan fingerprint density at radius 3 is 2.69 bits per heavy atom. The summed E-state index contributed by atoms with van der Waals surface area (Å²) >= 11 is 0. The summed E-state index contributed by atoms with van der Waals surface area (Å²) in [4.78, 5) is 2.42. The van der Waals surface area contributed by atoms with Crippen LogP contribution in [-0.4, -0.2) is 11.7 Å². The molecule has 0 saturated heterocycles. The summed E-state index contributed by atoms with van der Waals surface area (Å²) in [6.45, 7) is -0.294. The molecule has 0 heterocycles. The van der Waals surface area contributed by atoms with Gasteiger partial charge in [-0.25, -0.2) is 0 Å². The maximum atomic E-state index is 12.3. The fraction of sp³-hybridized carbons (Fsp3) is 0.333. The van der Waals surface area contributed by atoms with Crippen LogP contribution in [0, 0.1) is 0 Å². The largest absolute Gasteiger partial charge is 0.416 e. The van der Waals surface area contributed by atoms with Gasteiger partial charge in [0.1, 0.15) is 0 Å². The van der Waals surface area contributed by atoms with Crippen molar-refractivity contribution in [2.24, 2.45) is 5.11 Å². The van der Waals surface area contributed by atoms with Crippen molar-refractivity contribution in [3.63, 3.8) is 0 Å². The van der Waals surface area contributed by atoms with E-state index in [2.05, 4.69) is 10.0 Å². The molecule has 1 rings (SSSR count). The van der Waals surface area contributed by atoms with Gasteiger partial charge in [-0.2, -0.15) is 13.2 Å². The molecule has 7 heteroatoms. The lowest BCUT2D eigenvalue weighted by molar-refractivity contribution is -0.137. The summed E-state index contributed by atoms with van der Waals surface area (Å²) in [7, 11) is 0. The van der Waals surface area contributed by atoms with Gasteiger partial charge in [0, 0.05) is 4.91 Å². The number of benzene rings is 1. The molecule has 1 N–H and O–H groups in total. The highest BCUT2D eigenvalue weighted by Crippen LogP contribution is 2.30. The zero-order valence-corrected chi connectivity index (χ0v) is 8.02. The van der Waals surface area contributed by atoms with Gasteiger partial charge in [0.25, 0.3) is 0 Å². The fourth-order valence-corrected chi connectivity index (χ4v) is 1.14. The van der Waals surface area contributed by atoms with Crippen LogP contribution in [0.1, 0.15) is 17.2 Å². The average molecular weight is 231 g/mol. The van der Waals surface area contributed by atoms with E-state index in [4.69, 9.17) is 5.53 Å². The van der Waals surface area contributed by atoms with E-state index in [-0.39, 0.29) is 12.1 Å². The SMILES string of the molecule is [N-]=[N+]=NC[C@@H](O)c1cccc(C(F)(F)F)c1. The quantitative estimate of drug-likeness (QED) is 0.484. The van der Waals surface area contributed by atoms with Gasteiger partial charge in [0.05, 0.1) is 18.2 Å². The normalized spacial score (nSPS) is 13.0. The lowest BCUT2D eigenvalue weighted by Gasteiger charge is -2.11. The first kappa shape index (κ1) is 12.4. The summed E-state index contributed by atoms with van der Waals surface area (Å²) in [6, 6.07) is 4.27. The van der Waals surface area contributed by atoms with Crippen molar-refractivity contribution in [3.05, 3.63) is 45.8 Å². The van der Waals surface area contributed by atoms with E-state index in [1.54, 1.807) is 0 Å². The molecule has 0 bridgehead atoms. The van der Waals surface area contributed by atoms with Crippen molar-refractivity contribution in [2.45, 2.75) is 12.3 Å². The second kappa shape index (κ2) is 4.87. The Balaban J connectivity index is 2.94. The van der Waals surface area contributed by atoms with Crippen LogP contribution in [-0.2, 0) is 6.18 Å². The highest BCUT2D eigenvalue weighted by atomic mass is 19.4. The molecule has 0 aliphatic carbocycles. The van der Waals surface area contributed by atoms with Crippen LogP contribution in [0.3, 0.4) is 0 Å². The summed E-state index contributed by atoms with van der Waals surface area (Å²) in [5.41, 5.74) is 7.24. The molecule has 1 aromatic carbocycles. The van der Waals surface area contributed by atoms with E-state index >= 15 is 0 Å². The van der Waals surface area contributed by atoms with Crippen LogP contribution in [0.2, 0.25) is 0 Å². The van der Waals surface area contributed by atoms with Crippen molar-refractivity contribution in [3.8, 4) is 0 Å². The van der Waals surface area contributed by atoms with E-state index in [1.807, 2.05) is 0 Å². The zero-order valence-electron chi connectivity index (χ0n) is 8.02. The summed E-state index contributed by atoms with van der Waals surface area (Å²) < 4.78 is 37.0. The van der Waals surface area contributed by atoms with Gasteiger partial charge >= 0.3 is 6.18 Å². The number of nitrogens with zero attached hydrogens (tertiary/aromatic N) is 3. The van der Waals surface area contributed by atoms with Crippen molar-refractivity contribution >= 4 is 0 Å². The summed E-state index contributed by atoms with van der Waals surface area (Å²) in [5.74, 6) is 0. The lowest BCUT2D eigenvalue weighted by atomic mass is 10.1. The third kappa shape index (κ3) is 3.15. The van der Waals surface area contributed by atoms with E-state index in [1.165, 1.54) is 12.1 Å². The number of rotatable bonds is 3. The first-order valence-electron chi connectivity index (χ1n) is 4.31. The fourth-order valence-electron chi connectivity index (χ4n) is 1.14. The predicted molar refractivity (Wildman–Crippen MR) is 50.4 cm³/mol. The molecule has 16 heavy (non-hydrogen) atoms. The molecular weight excluding hydrogens is 223 g/mol. The van der Waals surface area contributed by atoms with Crippen molar-refractivity contribution in [2.75, 3.05) is 6.54 Å². The Morgan fingerprint density at radius 2 is 2.12 bits per heavy atom. The summed E-state index contributed by atoms with van der Waals surface area (Å²) in [5, 5.41) is 12.5. The number of hydrogen-bond donors (Lipinski definition) is 1. The second-order valence-electron chi connectivity index (χ2n) is 3.05. The Morgan fingerprint density at radius 1 is 1.44 bits per heavy atom. The molecule has 0 amide bonds. The molecule has 0 spiro atoms. The minimum atomic E-state index is -4.45. The maximum Gasteiger partial charge on any atom is 0.416 e. The van der Waals surface area contributed by atoms with E-state index in [0.717, 1.165) is 12.1 Å². The molecule has 4 nitrogen and oxygen atoms in total. The number of alkyl halides is 3. The molecule has 0 fully saturated rings. The van der Waals surface area contributed by atoms with Gasteiger partial charge in [-0.15, -0.1) is 0 Å². The van der Waals surface area contributed by atoms with Gasteiger partial charge in [-0.05, 0) is 23.2 Å². The van der Waals surface area contributed by atoms with Crippen molar-refractivity contribution in [1.29, 1.82) is 0 Å². The number of halogens is 3. The van der Waals surface area contributed by atoms with Crippen LogP contribution in [0.25, 0.3) is 10.4 Å². The zero-order chi connectivity index (χ0) is 12.2. The monoisotopic (exact) mass is 231 g/mol. The second-order valence-corrected chi connectivity index (χ2v) is 3.05. The predicted octanol–water partition coefficient (Wildman–Crippen LogP) is 3.05. The highest BCUT2D eigenvalue weighted by Gasteiger charge is 2.30. The van der Waals surface area contributed by atoms with Crippen LogP contribution < -0.4 is 0 Å². The van der Waals surface area contributed by atoms with Gasteiger partial charge in [0.15, 0.2) is 0 Å². The third-order valence-corrected chi connectivity index (χ3v) is 1.92. The molecule has 1 aromatic rings. The molecule has 0 radical (unpaired) electrons. The molecule has 0 aliphatic rings. The average Bonchev–Trinajstić information content (AvgIpc) is 2.25. The minimum absolute atomic E-state index is 0.0715. The molecule has 86 valence electrons. The van der Waals surface area contributed by atoms with Gasteiger partial charge < -0.3 is 5.11 Å². The topological polar surface area (TPSA) is 69.0 Å². The summed E-state index contributed by atoms with van der Waals surface area (Å²) in [6.07, 6.45) is -5.67. The Bertz CT molecular complexity index is 413. The first-order valence-corrected chi connectivity index (χ1v) is 4.31. The minimum Gasteiger partial charge on any atom is -0.388 e. The molecule has 1 atom stereocenters. The first-order chi connectivity index (χ1) is 7.45. The van der Waals surface area contributed by atoms with Crippen LogP contribution in [0.4, 0.5) is 13.2 Å².